The molecule has 1 saturated heterocycles. The summed E-state index contributed by atoms with van der Waals surface area (Å²) in [5.41, 5.74) is -0.189. The summed E-state index contributed by atoms with van der Waals surface area (Å²) < 4.78 is 37.2. The second kappa shape index (κ2) is 3.70. The Balaban J connectivity index is 2.61. The van der Waals surface area contributed by atoms with Crippen molar-refractivity contribution in [3.05, 3.63) is 0 Å². The first-order chi connectivity index (χ1) is 6.21. The molecule has 0 saturated carbocycles. The summed E-state index contributed by atoms with van der Waals surface area (Å²) in [4.78, 5) is 1.86. The van der Waals surface area contributed by atoms with E-state index >= 15 is 0 Å². The van der Waals surface area contributed by atoms with Gasteiger partial charge in [0.05, 0.1) is 0 Å². The minimum Gasteiger partial charge on any atom is -0.304 e. The van der Waals surface area contributed by atoms with Crippen LogP contribution in [-0.4, -0.2) is 42.3 Å². The Kier molecular flexibility index (Phi) is 3.11. The minimum absolute atomic E-state index is 0.0486. The summed E-state index contributed by atoms with van der Waals surface area (Å²) in [5, 5.41) is 2.49. The van der Waals surface area contributed by atoms with Crippen molar-refractivity contribution in [2.75, 3.05) is 19.6 Å². The number of rotatable bonds is 0. The maximum Gasteiger partial charge on any atom is 0.405 e. The average Bonchev–Trinajstić information content (AvgIpc) is 2.01. The summed E-state index contributed by atoms with van der Waals surface area (Å²) in [6.07, 6.45) is -4.14. The van der Waals surface area contributed by atoms with E-state index in [0.717, 1.165) is 0 Å². The van der Waals surface area contributed by atoms with Crippen molar-refractivity contribution in [1.29, 1.82) is 0 Å². The Labute approximate surface area is 82.5 Å². The molecular formula is C9H17F3N2. The molecule has 14 heavy (non-hydrogen) atoms. The molecule has 0 radical (unpaired) electrons. The van der Waals surface area contributed by atoms with Gasteiger partial charge in [0.1, 0.15) is 6.04 Å². The molecule has 2 nitrogen and oxygen atoms in total. The Morgan fingerprint density at radius 3 is 2.21 bits per heavy atom. The molecule has 84 valence electrons. The van der Waals surface area contributed by atoms with Gasteiger partial charge < -0.3 is 5.32 Å². The third-order valence-electron chi connectivity index (χ3n) is 2.52. The van der Waals surface area contributed by atoms with Gasteiger partial charge in [0.2, 0.25) is 0 Å². The Morgan fingerprint density at radius 2 is 1.79 bits per heavy atom. The summed E-state index contributed by atoms with van der Waals surface area (Å²) in [7, 11) is 0. The predicted molar refractivity (Wildman–Crippen MR) is 49.2 cm³/mol. The molecule has 1 aliphatic rings. The van der Waals surface area contributed by atoms with Gasteiger partial charge in [-0.15, -0.1) is 0 Å². The van der Waals surface area contributed by atoms with Crippen LogP contribution in [0.3, 0.4) is 0 Å². The zero-order valence-electron chi connectivity index (χ0n) is 8.78. The SMILES string of the molecule is CC(C)(C)N1CCNC(C(F)(F)F)C1. The van der Waals surface area contributed by atoms with Crippen molar-refractivity contribution < 1.29 is 13.2 Å². The van der Waals surface area contributed by atoms with Gasteiger partial charge in [0.15, 0.2) is 0 Å². The fourth-order valence-corrected chi connectivity index (χ4v) is 1.58. The van der Waals surface area contributed by atoms with E-state index in [-0.39, 0.29) is 12.1 Å². The van der Waals surface area contributed by atoms with Crippen LogP contribution in [0, 0.1) is 0 Å². The van der Waals surface area contributed by atoms with Crippen molar-refractivity contribution >= 4 is 0 Å². The molecule has 1 rings (SSSR count). The second-order valence-corrected chi connectivity index (χ2v) is 4.67. The van der Waals surface area contributed by atoms with Gasteiger partial charge in [-0.2, -0.15) is 13.2 Å². The maximum absolute atomic E-state index is 12.4. The molecule has 1 atom stereocenters. The van der Waals surface area contributed by atoms with Crippen LogP contribution in [-0.2, 0) is 0 Å². The van der Waals surface area contributed by atoms with Gasteiger partial charge in [-0.1, -0.05) is 0 Å². The Hall–Kier alpha value is -0.290. The molecule has 0 bridgehead atoms. The van der Waals surface area contributed by atoms with Crippen LogP contribution in [0.25, 0.3) is 0 Å². The number of hydrogen-bond acceptors (Lipinski definition) is 2. The molecule has 1 fully saturated rings. The number of piperazine rings is 1. The molecule has 0 aromatic carbocycles. The molecule has 0 aromatic rings. The highest BCUT2D eigenvalue weighted by atomic mass is 19.4. The van der Waals surface area contributed by atoms with Crippen molar-refractivity contribution in [2.45, 2.75) is 38.5 Å². The largest absolute Gasteiger partial charge is 0.405 e. The fourth-order valence-electron chi connectivity index (χ4n) is 1.58. The molecular weight excluding hydrogens is 193 g/mol. The molecule has 1 heterocycles. The van der Waals surface area contributed by atoms with Crippen LogP contribution >= 0.6 is 0 Å². The Morgan fingerprint density at radius 1 is 1.21 bits per heavy atom. The van der Waals surface area contributed by atoms with Gasteiger partial charge >= 0.3 is 6.18 Å². The zero-order chi connectivity index (χ0) is 11.0. The summed E-state index contributed by atoms with van der Waals surface area (Å²) in [6.45, 7) is 6.94. The van der Waals surface area contributed by atoms with E-state index in [0.29, 0.717) is 13.1 Å². The highest BCUT2D eigenvalue weighted by molar-refractivity contribution is 4.89. The van der Waals surface area contributed by atoms with E-state index in [9.17, 15) is 13.2 Å². The number of halogens is 3. The van der Waals surface area contributed by atoms with Crippen LogP contribution in [0.2, 0.25) is 0 Å². The lowest BCUT2D eigenvalue weighted by molar-refractivity contribution is -0.168. The first-order valence-corrected chi connectivity index (χ1v) is 4.76. The number of hydrogen-bond donors (Lipinski definition) is 1. The monoisotopic (exact) mass is 210 g/mol. The van der Waals surface area contributed by atoms with E-state index in [4.69, 9.17) is 0 Å². The maximum atomic E-state index is 12.4. The molecule has 5 heteroatoms. The van der Waals surface area contributed by atoms with Crippen molar-refractivity contribution in [3.8, 4) is 0 Å². The second-order valence-electron chi connectivity index (χ2n) is 4.67. The normalized spacial score (nSPS) is 26.6. The lowest BCUT2D eigenvalue weighted by atomic mass is 10.0. The summed E-state index contributed by atoms with van der Waals surface area (Å²) in [6, 6.07) is -1.38. The predicted octanol–water partition coefficient (Wildman–Crippen LogP) is 1.62. The van der Waals surface area contributed by atoms with Crippen LogP contribution in [0.1, 0.15) is 20.8 Å². The third kappa shape index (κ3) is 2.85. The average molecular weight is 210 g/mol. The number of alkyl halides is 3. The molecule has 1 aliphatic heterocycles. The fraction of sp³-hybridized carbons (Fsp3) is 1.00. The number of nitrogens with one attached hydrogen (secondary N) is 1. The third-order valence-corrected chi connectivity index (χ3v) is 2.52. The van der Waals surface area contributed by atoms with Gasteiger partial charge in [-0.05, 0) is 20.8 Å². The molecule has 0 aromatic heterocycles. The standard InChI is InChI=1S/C9H17F3N2/c1-8(2,3)14-5-4-13-7(6-14)9(10,11)12/h7,13H,4-6H2,1-3H3. The lowest BCUT2D eigenvalue weighted by Gasteiger charge is -2.42. The minimum atomic E-state index is -4.14. The smallest absolute Gasteiger partial charge is 0.304 e. The highest BCUT2D eigenvalue weighted by Crippen LogP contribution is 2.25. The number of nitrogens with zero attached hydrogens (tertiary/aromatic N) is 1. The summed E-state index contributed by atoms with van der Waals surface area (Å²) >= 11 is 0. The first-order valence-electron chi connectivity index (χ1n) is 4.76. The van der Waals surface area contributed by atoms with Crippen LogP contribution < -0.4 is 5.32 Å². The van der Waals surface area contributed by atoms with Gasteiger partial charge in [0.25, 0.3) is 0 Å². The van der Waals surface area contributed by atoms with E-state index < -0.39 is 12.2 Å². The van der Waals surface area contributed by atoms with E-state index in [1.54, 1.807) is 0 Å². The van der Waals surface area contributed by atoms with Crippen LogP contribution in [0.4, 0.5) is 13.2 Å². The highest BCUT2D eigenvalue weighted by Gasteiger charge is 2.43. The quantitative estimate of drug-likeness (QED) is 0.653. The van der Waals surface area contributed by atoms with E-state index in [2.05, 4.69) is 5.32 Å². The van der Waals surface area contributed by atoms with E-state index in [1.165, 1.54) is 0 Å². The first kappa shape index (κ1) is 11.8. The van der Waals surface area contributed by atoms with Gasteiger partial charge in [0, 0.05) is 25.2 Å². The van der Waals surface area contributed by atoms with Crippen molar-refractivity contribution in [3.63, 3.8) is 0 Å². The van der Waals surface area contributed by atoms with Crippen LogP contribution in [0.15, 0.2) is 0 Å². The topological polar surface area (TPSA) is 15.3 Å². The molecule has 1 N–H and O–H groups in total. The zero-order valence-corrected chi connectivity index (χ0v) is 8.78. The van der Waals surface area contributed by atoms with Gasteiger partial charge in [-0.3, -0.25) is 4.90 Å². The molecule has 0 amide bonds. The lowest BCUT2D eigenvalue weighted by Crippen LogP contribution is -2.61. The Bertz CT molecular complexity index is 175. The summed E-state index contributed by atoms with van der Waals surface area (Å²) in [5.74, 6) is 0. The molecule has 0 spiro atoms. The van der Waals surface area contributed by atoms with Crippen LogP contribution in [0.5, 0.6) is 0 Å². The van der Waals surface area contributed by atoms with Crippen molar-refractivity contribution in [1.82, 2.24) is 10.2 Å². The van der Waals surface area contributed by atoms with Gasteiger partial charge in [-0.25, -0.2) is 0 Å². The van der Waals surface area contributed by atoms with Crippen molar-refractivity contribution in [2.24, 2.45) is 0 Å². The molecule has 0 aliphatic carbocycles. The molecule has 1 unspecified atom stereocenters. The van der Waals surface area contributed by atoms with E-state index in [1.807, 2.05) is 25.7 Å².